The van der Waals surface area contributed by atoms with Gasteiger partial charge in [-0.15, -0.1) is 0 Å². The number of benzene rings is 1. The third-order valence-corrected chi connectivity index (χ3v) is 4.61. The minimum atomic E-state index is -0.501. The summed E-state index contributed by atoms with van der Waals surface area (Å²) in [4.78, 5) is 35.5. The molecule has 0 saturated carbocycles. The predicted molar refractivity (Wildman–Crippen MR) is 99.9 cm³/mol. The monoisotopic (exact) mass is 372 g/mol. The van der Waals surface area contributed by atoms with Crippen molar-refractivity contribution in [1.29, 1.82) is 0 Å². The number of hydrogen-bond acceptors (Lipinski definition) is 4. The fourth-order valence-electron chi connectivity index (χ4n) is 2.99. The second-order valence-electron chi connectivity index (χ2n) is 6.67. The number of aromatic nitrogens is 2. The SMILES string of the molecule is Cc1cc(C(=O)NC2CCN(C(C)C)C2=O)nc(-c2ccc(Cl)cc2)n1. The molecule has 1 unspecified atom stereocenters. The lowest BCUT2D eigenvalue weighted by atomic mass is 10.2. The summed E-state index contributed by atoms with van der Waals surface area (Å²) in [5.41, 5.74) is 1.70. The van der Waals surface area contributed by atoms with E-state index in [1.165, 1.54) is 0 Å². The molecule has 0 spiro atoms. The Morgan fingerprint density at radius 3 is 2.58 bits per heavy atom. The summed E-state index contributed by atoms with van der Waals surface area (Å²) in [5, 5.41) is 3.42. The molecule has 3 rings (SSSR count). The molecule has 6 nitrogen and oxygen atoms in total. The minimum Gasteiger partial charge on any atom is -0.339 e. The largest absolute Gasteiger partial charge is 0.339 e. The number of hydrogen-bond donors (Lipinski definition) is 1. The van der Waals surface area contributed by atoms with Crippen LogP contribution in [0.25, 0.3) is 11.4 Å². The van der Waals surface area contributed by atoms with Gasteiger partial charge >= 0.3 is 0 Å². The maximum atomic E-state index is 12.6. The van der Waals surface area contributed by atoms with Crippen LogP contribution in [0.4, 0.5) is 0 Å². The minimum absolute atomic E-state index is 0.0444. The van der Waals surface area contributed by atoms with Crippen LogP contribution in [-0.2, 0) is 4.79 Å². The van der Waals surface area contributed by atoms with Crippen molar-refractivity contribution in [3.63, 3.8) is 0 Å². The Morgan fingerprint density at radius 2 is 1.96 bits per heavy atom. The van der Waals surface area contributed by atoms with Crippen LogP contribution >= 0.6 is 11.6 Å². The van der Waals surface area contributed by atoms with Gasteiger partial charge in [0, 0.05) is 28.9 Å². The van der Waals surface area contributed by atoms with Gasteiger partial charge < -0.3 is 10.2 Å². The van der Waals surface area contributed by atoms with Crippen molar-refractivity contribution in [3.8, 4) is 11.4 Å². The lowest BCUT2D eigenvalue weighted by molar-refractivity contribution is -0.130. The smallest absolute Gasteiger partial charge is 0.270 e. The number of carbonyl (C=O) groups is 2. The Labute approximate surface area is 157 Å². The Balaban J connectivity index is 1.80. The molecule has 1 N–H and O–H groups in total. The normalized spacial score (nSPS) is 17.0. The first-order chi connectivity index (χ1) is 12.3. The molecule has 1 atom stereocenters. The van der Waals surface area contributed by atoms with Crippen LogP contribution in [0.5, 0.6) is 0 Å². The van der Waals surface area contributed by atoms with Crippen molar-refractivity contribution in [3.05, 3.63) is 46.7 Å². The van der Waals surface area contributed by atoms with Gasteiger partial charge in [-0.25, -0.2) is 9.97 Å². The molecule has 0 bridgehead atoms. The Hall–Kier alpha value is -2.47. The third-order valence-electron chi connectivity index (χ3n) is 4.36. The van der Waals surface area contributed by atoms with Crippen LogP contribution in [0.3, 0.4) is 0 Å². The average molecular weight is 373 g/mol. The summed E-state index contributed by atoms with van der Waals surface area (Å²) in [7, 11) is 0. The van der Waals surface area contributed by atoms with Crippen LogP contribution in [0.2, 0.25) is 5.02 Å². The first kappa shape index (κ1) is 18.3. The van der Waals surface area contributed by atoms with Gasteiger partial charge in [-0.2, -0.15) is 0 Å². The van der Waals surface area contributed by atoms with E-state index in [1.807, 2.05) is 13.8 Å². The van der Waals surface area contributed by atoms with Gasteiger partial charge in [0.1, 0.15) is 11.7 Å². The van der Waals surface area contributed by atoms with Crippen LogP contribution < -0.4 is 5.32 Å². The zero-order valence-corrected chi connectivity index (χ0v) is 15.7. The van der Waals surface area contributed by atoms with Crippen LogP contribution in [0.1, 0.15) is 36.5 Å². The molecule has 1 aliphatic heterocycles. The van der Waals surface area contributed by atoms with Crippen molar-refractivity contribution < 1.29 is 9.59 Å². The molecule has 0 aliphatic carbocycles. The molecule has 1 aromatic carbocycles. The highest BCUT2D eigenvalue weighted by Crippen LogP contribution is 2.19. The van der Waals surface area contributed by atoms with Crippen molar-refractivity contribution in [2.45, 2.75) is 39.3 Å². The highest BCUT2D eigenvalue weighted by atomic mass is 35.5. The quantitative estimate of drug-likeness (QED) is 0.895. The second-order valence-corrected chi connectivity index (χ2v) is 7.10. The zero-order chi connectivity index (χ0) is 18.8. The fourth-order valence-corrected chi connectivity index (χ4v) is 3.12. The highest BCUT2D eigenvalue weighted by Gasteiger charge is 2.34. The van der Waals surface area contributed by atoms with E-state index in [-0.39, 0.29) is 23.6 Å². The summed E-state index contributed by atoms with van der Waals surface area (Å²) in [6.07, 6.45) is 0.608. The number of amides is 2. The predicted octanol–water partition coefficient (Wildman–Crippen LogP) is 2.84. The van der Waals surface area contributed by atoms with Gasteiger partial charge in [0.05, 0.1) is 0 Å². The maximum Gasteiger partial charge on any atom is 0.270 e. The molecule has 1 saturated heterocycles. The molecule has 1 fully saturated rings. The second kappa shape index (κ2) is 7.41. The van der Waals surface area contributed by atoms with Crippen molar-refractivity contribution in [2.24, 2.45) is 0 Å². The first-order valence-electron chi connectivity index (χ1n) is 8.58. The van der Waals surface area contributed by atoms with E-state index in [4.69, 9.17) is 11.6 Å². The average Bonchev–Trinajstić information content (AvgIpc) is 2.96. The number of carbonyl (C=O) groups excluding carboxylic acids is 2. The van der Waals surface area contributed by atoms with Gasteiger partial charge in [-0.1, -0.05) is 11.6 Å². The van der Waals surface area contributed by atoms with E-state index in [2.05, 4.69) is 15.3 Å². The zero-order valence-electron chi connectivity index (χ0n) is 15.0. The topological polar surface area (TPSA) is 75.2 Å². The molecular formula is C19H21ClN4O2. The van der Waals surface area contributed by atoms with E-state index >= 15 is 0 Å². The number of nitrogens with one attached hydrogen (secondary N) is 1. The Kier molecular flexibility index (Phi) is 5.23. The number of nitrogens with zero attached hydrogens (tertiary/aromatic N) is 3. The lowest BCUT2D eigenvalue weighted by Crippen LogP contribution is -2.43. The third kappa shape index (κ3) is 3.85. The fraction of sp³-hybridized carbons (Fsp3) is 0.368. The van der Waals surface area contributed by atoms with Crippen LogP contribution in [-0.4, -0.2) is 45.3 Å². The Morgan fingerprint density at radius 1 is 1.27 bits per heavy atom. The van der Waals surface area contributed by atoms with Gasteiger partial charge in [0.15, 0.2) is 5.82 Å². The molecule has 2 aromatic rings. The molecule has 136 valence electrons. The number of likely N-dealkylation sites (tertiary alicyclic amines) is 1. The summed E-state index contributed by atoms with van der Waals surface area (Å²) in [5.74, 6) is 0.0418. The number of halogens is 1. The number of aryl methyl sites for hydroxylation is 1. The van der Waals surface area contributed by atoms with Crippen LogP contribution in [0, 0.1) is 6.92 Å². The highest BCUT2D eigenvalue weighted by molar-refractivity contribution is 6.30. The van der Waals surface area contributed by atoms with Crippen molar-refractivity contribution in [2.75, 3.05) is 6.54 Å². The maximum absolute atomic E-state index is 12.6. The summed E-state index contributed by atoms with van der Waals surface area (Å²) in [6, 6.07) is 8.36. The summed E-state index contributed by atoms with van der Waals surface area (Å²) in [6.45, 7) is 6.39. The summed E-state index contributed by atoms with van der Waals surface area (Å²) < 4.78 is 0. The molecule has 7 heteroatoms. The standard InChI is InChI=1S/C19H21ClN4O2/c1-11(2)24-9-8-15(19(24)26)23-18(25)16-10-12(3)21-17(22-16)13-4-6-14(20)7-5-13/h4-7,10-11,15H,8-9H2,1-3H3,(H,23,25). The van der Waals surface area contributed by atoms with E-state index in [0.717, 1.165) is 5.56 Å². The van der Waals surface area contributed by atoms with Crippen molar-refractivity contribution >= 4 is 23.4 Å². The number of rotatable bonds is 4. The first-order valence-corrected chi connectivity index (χ1v) is 8.96. The van der Waals surface area contributed by atoms with Gasteiger partial charge in [-0.05, 0) is 57.5 Å². The van der Waals surface area contributed by atoms with Gasteiger partial charge in [-0.3, -0.25) is 9.59 Å². The van der Waals surface area contributed by atoms with E-state index in [0.29, 0.717) is 29.5 Å². The molecule has 26 heavy (non-hydrogen) atoms. The molecular weight excluding hydrogens is 352 g/mol. The Bertz CT molecular complexity index is 836. The molecule has 2 amide bonds. The van der Waals surface area contributed by atoms with E-state index < -0.39 is 6.04 Å². The molecule has 1 aliphatic rings. The molecule has 0 radical (unpaired) electrons. The van der Waals surface area contributed by atoms with E-state index in [1.54, 1.807) is 42.2 Å². The summed E-state index contributed by atoms with van der Waals surface area (Å²) >= 11 is 5.91. The van der Waals surface area contributed by atoms with Gasteiger partial charge in [0.2, 0.25) is 5.91 Å². The molecule has 1 aromatic heterocycles. The van der Waals surface area contributed by atoms with Crippen LogP contribution in [0.15, 0.2) is 30.3 Å². The van der Waals surface area contributed by atoms with E-state index in [9.17, 15) is 9.59 Å². The molecule has 2 heterocycles. The van der Waals surface area contributed by atoms with Crippen molar-refractivity contribution in [1.82, 2.24) is 20.2 Å². The van der Waals surface area contributed by atoms with Gasteiger partial charge in [0.25, 0.3) is 5.91 Å². The lowest BCUT2D eigenvalue weighted by Gasteiger charge is -2.21.